The van der Waals surface area contributed by atoms with E-state index < -0.39 is 38.5 Å². The van der Waals surface area contributed by atoms with E-state index in [1.54, 1.807) is 4.72 Å². The summed E-state index contributed by atoms with van der Waals surface area (Å²) in [4.78, 5) is -1.12. The number of benzene rings is 1. The van der Waals surface area contributed by atoms with Crippen molar-refractivity contribution in [3.8, 4) is 6.07 Å². The highest BCUT2D eigenvalue weighted by Crippen LogP contribution is 2.34. The van der Waals surface area contributed by atoms with Gasteiger partial charge in [-0.2, -0.15) is 23.2 Å². The lowest BCUT2D eigenvalue weighted by Gasteiger charge is -2.14. The van der Waals surface area contributed by atoms with Crippen LogP contribution in [0.25, 0.3) is 0 Å². The van der Waals surface area contributed by atoms with Crippen LogP contribution in [0.15, 0.2) is 23.1 Å². The number of sulfonamides is 1. The molecule has 0 aliphatic rings. The molecule has 0 saturated carbocycles. The summed E-state index contributed by atoms with van der Waals surface area (Å²) in [6, 6.07) is 1.49. The van der Waals surface area contributed by atoms with Crippen LogP contribution < -0.4 is 4.72 Å². The standard InChI is InChI=1S/C10H8F4N2O2S/c1-6(5-15)16-19(17,18)9-3-2-7(11)4-8(9)10(12,13)14/h2-4,6,16H,1H3/t6-/m0/s1. The van der Waals surface area contributed by atoms with Crippen molar-refractivity contribution in [1.82, 2.24) is 4.72 Å². The number of nitrogens with one attached hydrogen (secondary N) is 1. The van der Waals surface area contributed by atoms with E-state index in [1.807, 2.05) is 0 Å². The van der Waals surface area contributed by atoms with Gasteiger partial charge in [0.1, 0.15) is 11.9 Å². The molecule has 19 heavy (non-hydrogen) atoms. The summed E-state index contributed by atoms with van der Waals surface area (Å²) >= 11 is 0. The van der Waals surface area contributed by atoms with Gasteiger partial charge in [-0.05, 0) is 25.1 Å². The first-order valence-corrected chi connectivity index (χ1v) is 6.35. The van der Waals surface area contributed by atoms with Crippen molar-refractivity contribution >= 4 is 10.0 Å². The van der Waals surface area contributed by atoms with Crippen LogP contribution in [0.4, 0.5) is 17.6 Å². The second-order valence-corrected chi connectivity index (χ2v) is 5.29. The van der Waals surface area contributed by atoms with Crippen molar-refractivity contribution in [2.24, 2.45) is 0 Å². The molecule has 0 bridgehead atoms. The Morgan fingerprint density at radius 1 is 1.37 bits per heavy atom. The number of nitrogens with zero attached hydrogens (tertiary/aromatic N) is 1. The molecule has 1 N–H and O–H groups in total. The van der Waals surface area contributed by atoms with Crippen LogP contribution in [-0.2, 0) is 16.2 Å². The first kappa shape index (κ1) is 15.4. The normalized spacial score (nSPS) is 13.9. The van der Waals surface area contributed by atoms with Gasteiger partial charge in [-0.15, -0.1) is 0 Å². The Morgan fingerprint density at radius 3 is 2.42 bits per heavy atom. The highest BCUT2D eigenvalue weighted by molar-refractivity contribution is 7.89. The minimum Gasteiger partial charge on any atom is -0.207 e. The quantitative estimate of drug-likeness (QED) is 0.868. The zero-order chi connectivity index (χ0) is 14.8. The van der Waals surface area contributed by atoms with Crippen LogP contribution in [0.2, 0.25) is 0 Å². The average Bonchev–Trinajstić information content (AvgIpc) is 2.26. The summed E-state index contributed by atoms with van der Waals surface area (Å²) in [5.41, 5.74) is -1.62. The van der Waals surface area contributed by atoms with Crippen LogP contribution in [0.3, 0.4) is 0 Å². The molecular formula is C10H8F4N2O2S. The van der Waals surface area contributed by atoms with E-state index in [0.717, 1.165) is 6.92 Å². The van der Waals surface area contributed by atoms with Gasteiger partial charge < -0.3 is 0 Å². The van der Waals surface area contributed by atoms with Crippen molar-refractivity contribution in [2.45, 2.75) is 24.0 Å². The predicted octanol–water partition coefficient (Wildman–Crippen LogP) is 2.03. The van der Waals surface area contributed by atoms with Gasteiger partial charge in [0.05, 0.1) is 16.5 Å². The third-order valence-corrected chi connectivity index (χ3v) is 3.66. The third-order valence-electron chi connectivity index (χ3n) is 2.06. The lowest BCUT2D eigenvalue weighted by atomic mass is 10.2. The molecule has 1 atom stereocenters. The van der Waals surface area contributed by atoms with E-state index in [4.69, 9.17) is 5.26 Å². The molecule has 1 aromatic rings. The summed E-state index contributed by atoms with van der Waals surface area (Å²) < 4.78 is 75.9. The number of nitriles is 1. The van der Waals surface area contributed by atoms with Crippen LogP contribution in [0.5, 0.6) is 0 Å². The van der Waals surface area contributed by atoms with Gasteiger partial charge in [0, 0.05) is 0 Å². The molecule has 0 fully saturated rings. The molecule has 0 aliphatic heterocycles. The number of hydrogen-bond donors (Lipinski definition) is 1. The third kappa shape index (κ3) is 3.65. The molecule has 9 heteroatoms. The second-order valence-electron chi connectivity index (χ2n) is 3.61. The molecule has 0 aromatic heterocycles. The molecule has 0 saturated heterocycles. The molecule has 0 heterocycles. The van der Waals surface area contributed by atoms with Crippen molar-refractivity contribution in [3.63, 3.8) is 0 Å². The van der Waals surface area contributed by atoms with Crippen LogP contribution in [0, 0.1) is 17.1 Å². The Morgan fingerprint density at radius 2 is 1.95 bits per heavy atom. The van der Waals surface area contributed by atoms with Gasteiger partial charge in [0.15, 0.2) is 0 Å². The van der Waals surface area contributed by atoms with Gasteiger partial charge in [0.25, 0.3) is 0 Å². The monoisotopic (exact) mass is 296 g/mol. The molecule has 1 aromatic carbocycles. The van der Waals surface area contributed by atoms with Gasteiger partial charge in [0.2, 0.25) is 10.0 Å². The molecule has 4 nitrogen and oxygen atoms in total. The van der Waals surface area contributed by atoms with Gasteiger partial charge in [-0.3, -0.25) is 0 Å². The zero-order valence-electron chi connectivity index (χ0n) is 9.49. The second kappa shape index (κ2) is 5.14. The Balaban J connectivity index is 3.40. The molecule has 0 amide bonds. The fourth-order valence-electron chi connectivity index (χ4n) is 1.28. The van der Waals surface area contributed by atoms with Gasteiger partial charge >= 0.3 is 6.18 Å². The molecule has 1 rings (SSSR count). The Kier molecular flexibility index (Phi) is 4.17. The van der Waals surface area contributed by atoms with Crippen LogP contribution >= 0.6 is 0 Å². The van der Waals surface area contributed by atoms with E-state index in [9.17, 15) is 26.0 Å². The zero-order valence-corrected chi connectivity index (χ0v) is 10.3. The van der Waals surface area contributed by atoms with E-state index in [-0.39, 0.29) is 6.07 Å². The number of rotatable bonds is 3. The summed E-state index contributed by atoms with van der Waals surface area (Å²) in [5, 5.41) is 8.46. The number of halogens is 4. The minimum atomic E-state index is -5.03. The van der Waals surface area contributed by atoms with E-state index in [1.165, 1.54) is 6.07 Å². The van der Waals surface area contributed by atoms with Gasteiger partial charge in [-0.1, -0.05) is 0 Å². The first-order chi connectivity index (χ1) is 8.58. The molecule has 0 aliphatic carbocycles. The maximum atomic E-state index is 12.8. The van der Waals surface area contributed by atoms with E-state index in [0.29, 0.717) is 12.1 Å². The number of alkyl halides is 3. The maximum Gasteiger partial charge on any atom is 0.417 e. The minimum absolute atomic E-state index is 0.0889. The van der Waals surface area contributed by atoms with Crippen LogP contribution in [-0.4, -0.2) is 14.5 Å². The molecule has 0 radical (unpaired) electrons. The number of hydrogen-bond acceptors (Lipinski definition) is 3. The Hall–Kier alpha value is -1.66. The van der Waals surface area contributed by atoms with Crippen molar-refractivity contribution in [2.75, 3.05) is 0 Å². The molecule has 0 unspecified atom stereocenters. The van der Waals surface area contributed by atoms with Crippen molar-refractivity contribution < 1.29 is 26.0 Å². The highest BCUT2D eigenvalue weighted by atomic mass is 32.2. The fourth-order valence-corrected chi connectivity index (χ4v) is 2.64. The SMILES string of the molecule is C[C@@H](C#N)NS(=O)(=O)c1ccc(F)cc1C(F)(F)F. The smallest absolute Gasteiger partial charge is 0.207 e. The Bertz CT molecular complexity index is 619. The lowest BCUT2D eigenvalue weighted by Crippen LogP contribution is -2.32. The topological polar surface area (TPSA) is 70.0 Å². The van der Waals surface area contributed by atoms with Gasteiger partial charge in [-0.25, -0.2) is 12.8 Å². The predicted molar refractivity (Wildman–Crippen MR) is 56.8 cm³/mol. The largest absolute Gasteiger partial charge is 0.417 e. The molecule has 0 spiro atoms. The van der Waals surface area contributed by atoms with E-state index >= 15 is 0 Å². The highest BCUT2D eigenvalue weighted by Gasteiger charge is 2.37. The lowest BCUT2D eigenvalue weighted by molar-refractivity contribution is -0.140. The molecular weight excluding hydrogens is 288 g/mol. The Labute approximate surface area is 106 Å². The van der Waals surface area contributed by atoms with E-state index in [2.05, 4.69) is 0 Å². The maximum absolute atomic E-state index is 12.8. The summed E-state index contributed by atoms with van der Waals surface area (Å²) in [6.45, 7) is 1.16. The summed E-state index contributed by atoms with van der Waals surface area (Å²) in [5.74, 6) is -1.21. The van der Waals surface area contributed by atoms with Crippen molar-refractivity contribution in [3.05, 3.63) is 29.6 Å². The van der Waals surface area contributed by atoms with Crippen LogP contribution in [0.1, 0.15) is 12.5 Å². The molecule has 104 valence electrons. The summed E-state index contributed by atoms with van der Waals surface area (Å²) in [6.07, 6.45) is -5.03. The van der Waals surface area contributed by atoms with Crippen molar-refractivity contribution in [1.29, 1.82) is 5.26 Å². The summed E-state index contributed by atoms with van der Waals surface area (Å²) in [7, 11) is -4.56. The average molecular weight is 296 g/mol. The fraction of sp³-hybridized carbons (Fsp3) is 0.300. The first-order valence-electron chi connectivity index (χ1n) is 4.86.